The molecule has 0 spiro atoms. The van der Waals surface area contributed by atoms with Gasteiger partial charge < -0.3 is 10.2 Å². The maximum Gasteiger partial charge on any atom is 0.152 e. The highest BCUT2D eigenvalue weighted by Crippen LogP contribution is 2.27. The van der Waals surface area contributed by atoms with Crippen molar-refractivity contribution in [3.05, 3.63) is 28.8 Å². The van der Waals surface area contributed by atoms with Gasteiger partial charge in [0.1, 0.15) is 0 Å². The minimum atomic E-state index is -0.784. The number of hydrogen-bond acceptors (Lipinski definition) is 4. The predicted molar refractivity (Wildman–Crippen MR) is 60.7 cm³/mol. The van der Waals surface area contributed by atoms with Crippen molar-refractivity contribution >= 4 is 29.6 Å². The molecule has 0 fully saturated rings. The molecule has 0 heterocycles. The lowest BCUT2D eigenvalue weighted by atomic mass is 10.2. The molecular weight excluding hydrogens is 236 g/mol. The number of rotatable bonds is 5. The number of aliphatic hydroxyl groups is 2. The average molecular weight is 247 g/mol. The fourth-order valence-electron chi connectivity index (χ4n) is 0.996. The minimum absolute atomic E-state index is 0.288. The van der Waals surface area contributed by atoms with Crippen LogP contribution in [0, 0.1) is 0 Å². The van der Waals surface area contributed by atoms with Crippen LogP contribution in [0.2, 0.25) is 5.02 Å². The molecule has 0 aromatic heterocycles. The third kappa shape index (κ3) is 3.50. The highest BCUT2D eigenvalue weighted by atomic mass is 35.5. The molecule has 1 unspecified atom stereocenters. The smallest absolute Gasteiger partial charge is 0.152 e. The van der Waals surface area contributed by atoms with Crippen molar-refractivity contribution in [3.8, 4) is 0 Å². The first kappa shape index (κ1) is 12.5. The zero-order chi connectivity index (χ0) is 11.3. The van der Waals surface area contributed by atoms with Gasteiger partial charge in [-0.3, -0.25) is 4.79 Å². The Labute approximate surface area is 97.1 Å². The highest BCUT2D eigenvalue weighted by Gasteiger charge is 2.08. The number of halogens is 1. The van der Waals surface area contributed by atoms with E-state index >= 15 is 0 Å². The van der Waals surface area contributed by atoms with E-state index in [0.717, 1.165) is 0 Å². The van der Waals surface area contributed by atoms with Crippen LogP contribution in [0.5, 0.6) is 0 Å². The Morgan fingerprint density at radius 3 is 2.87 bits per heavy atom. The maximum absolute atomic E-state index is 10.8. The van der Waals surface area contributed by atoms with E-state index in [1.165, 1.54) is 11.8 Å². The molecule has 1 rings (SSSR count). The molecule has 3 nitrogen and oxygen atoms in total. The lowest BCUT2D eigenvalue weighted by Gasteiger charge is -2.08. The van der Waals surface area contributed by atoms with E-state index < -0.39 is 6.10 Å². The van der Waals surface area contributed by atoms with Crippen LogP contribution >= 0.6 is 23.4 Å². The Morgan fingerprint density at radius 2 is 2.27 bits per heavy atom. The number of hydrogen-bond donors (Lipinski definition) is 2. The lowest BCUT2D eigenvalue weighted by molar-refractivity contribution is 0.111. The SMILES string of the molecule is O=Cc1c(Cl)cccc1SCC(O)CO. The molecule has 15 heavy (non-hydrogen) atoms. The van der Waals surface area contributed by atoms with E-state index in [4.69, 9.17) is 21.8 Å². The Bertz CT molecular complexity index is 343. The van der Waals surface area contributed by atoms with Gasteiger partial charge in [-0.15, -0.1) is 11.8 Å². The van der Waals surface area contributed by atoms with Gasteiger partial charge in [-0.2, -0.15) is 0 Å². The summed E-state index contributed by atoms with van der Waals surface area (Å²) in [6.45, 7) is -0.288. The van der Waals surface area contributed by atoms with Crippen LogP contribution in [-0.4, -0.2) is 35.0 Å². The molecule has 0 saturated carbocycles. The summed E-state index contributed by atoms with van der Waals surface area (Å²) in [6.07, 6.45) is -0.0933. The van der Waals surface area contributed by atoms with E-state index in [9.17, 15) is 4.79 Å². The van der Waals surface area contributed by atoms with Gasteiger partial charge in [-0.1, -0.05) is 17.7 Å². The molecule has 1 aromatic carbocycles. The molecule has 0 aliphatic carbocycles. The summed E-state index contributed by atoms with van der Waals surface area (Å²) >= 11 is 7.12. The van der Waals surface area contributed by atoms with Crippen LogP contribution in [-0.2, 0) is 0 Å². The number of carbonyl (C=O) groups is 1. The summed E-state index contributed by atoms with van der Waals surface area (Å²) < 4.78 is 0. The number of carbonyl (C=O) groups excluding carboxylic acids is 1. The van der Waals surface area contributed by atoms with Gasteiger partial charge in [0.2, 0.25) is 0 Å². The van der Waals surface area contributed by atoms with E-state index in [2.05, 4.69) is 0 Å². The quantitative estimate of drug-likeness (QED) is 0.612. The third-order valence-corrected chi connectivity index (χ3v) is 3.32. The zero-order valence-corrected chi connectivity index (χ0v) is 9.46. The summed E-state index contributed by atoms with van der Waals surface area (Å²) in [6, 6.07) is 5.13. The second-order valence-electron chi connectivity index (χ2n) is 2.92. The standard InChI is InChI=1S/C10H11ClO3S/c11-9-2-1-3-10(8(9)5-13)15-6-7(14)4-12/h1-3,5,7,12,14H,4,6H2. The predicted octanol–water partition coefficient (Wildman–Crippen LogP) is 1.60. The average Bonchev–Trinajstić information content (AvgIpc) is 2.25. The monoisotopic (exact) mass is 246 g/mol. The van der Waals surface area contributed by atoms with Gasteiger partial charge in [0.05, 0.1) is 17.7 Å². The lowest BCUT2D eigenvalue weighted by Crippen LogP contribution is -2.14. The molecule has 0 radical (unpaired) electrons. The van der Waals surface area contributed by atoms with Crippen LogP contribution in [0.3, 0.4) is 0 Å². The van der Waals surface area contributed by atoms with E-state index in [0.29, 0.717) is 27.5 Å². The molecule has 1 atom stereocenters. The molecule has 5 heteroatoms. The van der Waals surface area contributed by atoms with E-state index in [1.54, 1.807) is 18.2 Å². The van der Waals surface area contributed by atoms with E-state index in [-0.39, 0.29) is 6.61 Å². The van der Waals surface area contributed by atoms with Gasteiger partial charge in [-0.05, 0) is 12.1 Å². The van der Waals surface area contributed by atoms with Crippen LogP contribution in [0.4, 0.5) is 0 Å². The molecule has 0 bridgehead atoms. The summed E-state index contributed by atoms with van der Waals surface area (Å²) in [4.78, 5) is 11.5. The van der Waals surface area contributed by atoms with Crippen molar-refractivity contribution in [2.75, 3.05) is 12.4 Å². The van der Waals surface area contributed by atoms with Crippen LogP contribution < -0.4 is 0 Å². The number of benzene rings is 1. The third-order valence-electron chi connectivity index (χ3n) is 1.77. The first-order chi connectivity index (χ1) is 7.19. The Morgan fingerprint density at radius 1 is 1.53 bits per heavy atom. The van der Waals surface area contributed by atoms with Gasteiger partial charge in [-0.25, -0.2) is 0 Å². The Hall–Kier alpha value is -0.550. The minimum Gasteiger partial charge on any atom is -0.394 e. The van der Waals surface area contributed by atoms with Crippen molar-refractivity contribution in [1.29, 1.82) is 0 Å². The molecule has 82 valence electrons. The number of thioether (sulfide) groups is 1. The van der Waals surface area contributed by atoms with Crippen molar-refractivity contribution < 1.29 is 15.0 Å². The highest BCUT2D eigenvalue weighted by molar-refractivity contribution is 7.99. The summed E-state index contributed by atoms with van der Waals surface area (Å²) in [7, 11) is 0. The maximum atomic E-state index is 10.8. The molecular formula is C10H11ClO3S. The molecule has 0 aliphatic rings. The van der Waals surface area contributed by atoms with Crippen LogP contribution in [0.25, 0.3) is 0 Å². The van der Waals surface area contributed by atoms with E-state index in [1.807, 2.05) is 0 Å². The summed E-state index contributed by atoms with van der Waals surface area (Å²) in [5.74, 6) is 0.331. The topological polar surface area (TPSA) is 57.5 Å². The molecule has 0 saturated heterocycles. The first-order valence-electron chi connectivity index (χ1n) is 4.34. The molecule has 0 amide bonds. The fraction of sp³-hybridized carbons (Fsp3) is 0.300. The van der Waals surface area contributed by atoms with Crippen molar-refractivity contribution in [2.24, 2.45) is 0 Å². The van der Waals surface area contributed by atoms with Gasteiger partial charge in [0.25, 0.3) is 0 Å². The van der Waals surface area contributed by atoms with Crippen LogP contribution in [0.15, 0.2) is 23.1 Å². The van der Waals surface area contributed by atoms with Gasteiger partial charge in [0.15, 0.2) is 6.29 Å². The molecule has 2 N–H and O–H groups in total. The largest absolute Gasteiger partial charge is 0.394 e. The molecule has 0 aliphatic heterocycles. The van der Waals surface area contributed by atoms with Gasteiger partial charge >= 0.3 is 0 Å². The first-order valence-corrected chi connectivity index (χ1v) is 5.70. The number of aliphatic hydroxyl groups excluding tert-OH is 2. The van der Waals surface area contributed by atoms with Gasteiger partial charge in [0, 0.05) is 16.2 Å². The van der Waals surface area contributed by atoms with Crippen molar-refractivity contribution in [1.82, 2.24) is 0 Å². The molecule has 1 aromatic rings. The summed E-state index contributed by atoms with van der Waals surface area (Å²) in [5.41, 5.74) is 0.425. The second-order valence-corrected chi connectivity index (χ2v) is 4.39. The second kappa shape index (κ2) is 6.12. The Kier molecular flexibility index (Phi) is 5.11. The Balaban J connectivity index is 2.76. The van der Waals surface area contributed by atoms with Crippen LogP contribution in [0.1, 0.15) is 10.4 Å². The summed E-state index contributed by atoms with van der Waals surface area (Å²) in [5, 5.41) is 18.2. The number of aldehydes is 1. The zero-order valence-electron chi connectivity index (χ0n) is 7.89. The fourth-order valence-corrected chi connectivity index (χ4v) is 2.24. The normalized spacial score (nSPS) is 12.5. The van der Waals surface area contributed by atoms with Crippen molar-refractivity contribution in [2.45, 2.75) is 11.0 Å². The van der Waals surface area contributed by atoms with Crippen molar-refractivity contribution in [3.63, 3.8) is 0 Å².